The number of hydrogen-bond acceptors (Lipinski definition) is 2. The van der Waals surface area contributed by atoms with Crippen molar-refractivity contribution < 1.29 is 4.74 Å². The highest BCUT2D eigenvalue weighted by atomic mass is 16.5. The molecule has 2 rings (SSSR count). The van der Waals surface area contributed by atoms with Crippen molar-refractivity contribution in [2.75, 3.05) is 33.4 Å². The molecule has 0 heterocycles. The minimum atomic E-state index is 0.805. The fourth-order valence-corrected chi connectivity index (χ4v) is 3.06. The molecule has 2 aliphatic rings. The van der Waals surface area contributed by atoms with Crippen LogP contribution < -0.4 is 10.6 Å². The molecular formula is C17H33N3O. The fourth-order valence-electron chi connectivity index (χ4n) is 3.06. The highest BCUT2D eigenvalue weighted by Crippen LogP contribution is 2.29. The molecule has 2 aliphatic carbocycles. The number of nitrogens with zero attached hydrogens (tertiary/aromatic N) is 1. The van der Waals surface area contributed by atoms with E-state index in [2.05, 4.69) is 22.5 Å². The molecule has 2 atom stereocenters. The molecule has 2 N–H and O–H groups in total. The first kappa shape index (κ1) is 16.6. The Balaban J connectivity index is 1.50. The van der Waals surface area contributed by atoms with Crippen molar-refractivity contribution in [1.29, 1.82) is 0 Å². The summed E-state index contributed by atoms with van der Waals surface area (Å²) < 4.78 is 5.64. The zero-order valence-corrected chi connectivity index (χ0v) is 13.9. The maximum absolute atomic E-state index is 5.64. The third kappa shape index (κ3) is 6.68. The first-order valence-corrected chi connectivity index (χ1v) is 8.82. The Hall–Kier alpha value is -0.770. The first-order valence-electron chi connectivity index (χ1n) is 8.82. The predicted molar refractivity (Wildman–Crippen MR) is 88.6 cm³/mol. The molecule has 0 aromatic carbocycles. The maximum atomic E-state index is 5.64. The molecule has 0 spiro atoms. The summed E-state index contributed by atoms with van der Waals surface area (Å²) in [5.41, 5.74) is 0. The van der Waals surface area contributed by atoms with Crippen molar-refractivity contribution in [2.45, 2.75) is 51.9 Å². The Bertz CT molecular complexity index is 315. The lowest BCUT2D eigenvalue weighted by atomic mass is 9.80. The van der Waals surface area contributed by atoms with E-state index >= 15 is 0 Å². The van der Waals surface area contributed by atoms with E-state index in [-0.39, 0.29) is 0 Å². The number of nitrogens with one attached hydrogen (secondary N) is 2. The van der Waals surface area contributed by atoms with Gasteiger partial charge in [-0.2, -0.15) is 0 Å². The number of ether oxygens (including phenoxy) is 1. The Morgan fingerprint density at radius 1 is 1.14 bits per heavy atom. The van der Waals surface area contributed by atoms with E-state index < -0.39 is 0 Å². The largest absolute Gasteiger partial charge is 0.381 e. The number of guanidine groups is 1. The van der Waals surface area contributed by atoms with Gasteiger partial charge in [-0.05, 0) is 43.4 Å². The van der Waals surface area contributed by atoms with E-state index in [0.717, 1.165) is 56.4 Å². The summed E-state index contributed by atoms with van der Waals surface area (Å²) in [6.45, 7) is 6.20. The maximum Gasteiger partial charge on any atom is 0.190 e. The molecular weight excluding hydrogens is 262 g/mol. The van der Waals surface area contributed by atoms with Crippen LogP contribution in [-0.4, -0.2) is 39.3 Å². The average molecular weight is 295 g/mol. The molecule has 0 radical (unpaired) electrons. The summed E-state index contributed by atoms with van der Waals surface area (Å²) in [7, 11) is 1.85. The SMILES string of the molecule is CN=C(NCCCOCC1CC1)NCC1CCCCC1C. The molecule has 2 fully saturated rings. The summed E-state index contributed by atoms with van der Waals surface area (Å²) in [5, 5.41) is 6.87. The van der Waals surface area contributed by atoms with E-state index in [4.69, 9.17) is 4.74 Å². The van der Waals surface area contributed by atoms with Crippen molar-refractivity contribution in [3.8, 4) is 0 Å². The minimum Gasteiger partial charge on any atom is -0.381 e. The molecule has 4 nitrogen and oxygen atoms in total. The van der Waals surface area contributed by atoms with E-state index in [1.165, 1.54) is 38.5 Å². The van der Waals surface area contributed by atoms with Crippen LogP contribution in [0.2, 0.25) is 0 Å². The van der Waals surface area contributed by atoms with E-state index in [1.54, 1.807) is 0 Å². The van der Waals surface area contributed by atoms with Gasteiger partial charge >= 0.3 is 0 Å². The number of hydrogen-bond donors (Lipinski definition) is 2. The van der Waals surface area contributed by atoms with E-state index in [0.29, 0.717) is 0 Å². The van der Waals surface area contributed by atoms with Crippen LogP contribution in [0, 0.1) is 17.8 Å². The monoisotopic (exact) mass is 295 g/mol. The van der Waals surface area contributed by atoms with Crippen LogP contribution >= 0.6 is 0 Å². The zero-order valence-electron chi connectivity index (χ0n) is 13.9. The second-order valence-electron chi connectivity index (χ2n) is 6.77. The van der Waals surface area contributed by atoms with Crippen LogP contribution in [-0.2, 0) is 4.74 Å². The second kappa shape index (κ2) is 9.29. The molecule has 2 unspecified atom stereocenters. The molecule has 2 saturated carbocycles. The van der Waals surface area contributed by atoms with Crippen LogP contribution in [0.25, 0.3) is 0 Å². The van der Waals surface area contributed by atoms with Gasteiger partial charge < -0.3 is 15.4 Å². The average Bonchev–Trinajstić information content (AvgIpc) is 3.31. The normalized spacial score (nSPS) is 26.7. The third-order valence-corrected chi connectivity index (χ3v) is 4.85. The van der Waals surface area contributed by atoms with Crippen molar-refractivity contribution in [3.63, 3.8) is 0 Å². The number of rotatable bonds is 8. The standard InChI is InChI=1S/C17H33N3O/c1-14-6-3-4-7-16(14)12-20-17(18-2)19-10-5-11-21-13-15-8-9-15/h14-16H,3-13H2,1-2H3,(H2,18,19,20). The Kier molecular flexibility index (Phi) is 7.34. The summed E-state index contributed by atoms with van der Waals surface area (Å²) in [4.78, 5) is 4.31. The fraction of sp³-hybridized carbons (Fsp3) is 0.941. The number of aliphatic imine (C=N–C) groups is 1. The lowest BCUT2D eigenvalue weighted by Gasteiger charge is -2.29. The summed E-state index contributed by atoms with van der Waals surface area (Å²) in [6, 6.07) is 0. The summed E-state index contributed by atoms with van der Waals surface area (Å²) in [5.74, 6) is 3.46. The molecule has 0 bridgehead atoms. The van der Waals surface area contributed by atoms with Crippen LogP contribution in [0.4, 0.5) is 0 Å². The van der Waals surface area contributed by atoms with Gasteiger partial charge in [0.2, 0.25) is 0 Å². The van der Waals surface area contributed by atoms with Crippen LogP contribution in [0.15, 0.2) is 4.99 Å². The zero-order chi connectivity index (χ0) is 14.9. The lowest BCUT2D eigenvalue weighted by molar-refractivity contribution is 0.123. The van der Waals surface area contributed by atoms with Crippen LogP contribution in [0.5, 0.6) is 0 Å². The van der Waals surface area contributed by atoms with Crippen LogP contribution in [0.1, 0.15) is 51.9 Å². The van der Waals surface area contributed by atoms with Gasteiger partial charge in [-0.1, -0.05) is 26.2 Å². The van der Waals surface area contributed by atoms with Crippen molar-refractivity contribution in [1.82, 2.24) is 10.6 Å². The van der Waals surface area contributed by atoms with Crippen molar-refractivity contribution >= 4 is 5.96 Å². The molecule has 21 heavy (non-hydrogen) atoms. The summed E-state index contributed by atoms with van der Waals surface area (Å²) in [6.07, 6.45) is 9.33. The van der Waals surface area contributed by atoms with Crippen molar-refractivity contribution in [3.05, 3.63) is 0 Å². The molecule has 0 aliphatic heterocycles. The third-order valence-electron chi connectivity index (χ3n) is 4.85. The van der Waals surface area contributed by atoms with E-state index in [9.17, 15) is 0 Å². The highest BCUT2D eigenvalue weighted by molar-refractivity contribution is 5.79. The molecule has 4 heteroatoms. The van der Waals surface area contributed by atoms with Gasteiger partial charge in [-0.15, -0.1) is 0 Å². The van der Waals surface area contributed by atoms with Gasteiger partial charge in [-0.25, -0.2) is 0 Å². The van der Waals surface area contributed by atoms with Gasteiger partial charge in [0.25, 0.3) is 0 Å². The topological polar surface area (TPSA) is 45.7 Å². The highest BCUT2D eigenvalue weighted by Gasteiger charge is 2.21. The van der Waals surface area contributed by atoms with Gasteiger partial charge in [-0.3, -0.25) is 4.99 Å². The second-order valence-corrected chi connectivity index (χ2v) is 6.77. The molecule has 122 valence electrons. The molecule has 0 aromatic rings. The van der Waals surface area contributed by atoms with Gasteiger partial charge in [0.05, 0.1) is 0 Å². The Morgan fingerprint density at radius 3 is 2.67 bits per heavy atom. The van der Waals surface area contributed by atoms with Gasteiger partial charge in [0, 0.05) is 33.4 Å². The van der Waals surface area contributed by atoms with Gasteiger partial charge in [0.15, 0.2) is 5.96 Å². The lowest BCUT2D eigenvalue weighted by Crippen LogP contribution is -2.41. The van der Waals surface area contributed by atoms with Crippen LogP contribution in [0.3, 0.4) is 0 Å². The smallest absolute Gasteiger partial charge is 0.190 e. The van der Waals surface area contributed by atoms with Gasteiger partial charge in [0.1, 0.15) is 0 Å². The van der Waals surface area contributed by atoms with E-state index in [1.807, 2.05) is 7.05 Å². The quantitative estimate of drug-likeness (QED) is 0.411. The molecule has 0 aromatic heterocycles. The minimum absolute atomic E-state index is 0.805. The Labute approximate surface area is 130 Å². The molecule has 0 amide bonds. The predicted octanol–water partition coefficient (Wildman–Crippen LogP) is 2.79. The first-order chi connectivity index (χ1) is 10.3. The molecule has 0 saturated heterocycles. The Morgan fingerprint density at radius 2 is 1.95 bits per heavy atom. The van der Waals surface area contributed by atoms with Crippen molar-refractivity contribution in [2.24, 2.45) is 22.7 Å². The summed E-state index contributed by atoms with van der Waals surface area (Å²) >= 11 is 0.